The highest BCUT2D eigenvalue weighted by Gasteiger charge is 2.19. The highest BCUT2D eigenvalue weighted by atomic mass is 16.5. The first-order valence-corrected chi connectivity index (χ1v) is 10.6. The molecule has 1 aliphatic rings. The van der Waals surface area contributed by atoms with Crippen LogP contribution >= 0.6 is 0 Å². The van der Waals surface area contributed by atoms with Crippen LogP contribution in [0.2, 0.25) is 0 Å². The van der Waals surface area contributed by atoms with Gasteiger partial charge in [0.1, 0.15) is 5.56 Å². The molecule has 2 heterocycles. The zero-order chi connectivity index (χ0) is 21.8. The molecular formula is C24H27N3O4. The van der Waals surface area contributed by atoms with Gasteiger partial charge >= 0.3 is 5.97 Å². The van der Waals surface area contributed by atoms with Crippen molar-refractivity contribution < 1.29 is 14.3 Å². The number of carbonyl (C=O) groups is 1. The third kappa shape index (κ3) is 4.39. The number of esters is 1. The van der Waals surface area contributed by atoms with E-state index < -0.39 is 5.97 Å². The van der Waals surface area contributed by atoms with Gasteiger partial charge in [0.15, 0.2) is 0 Å². The molecule has 0 spiro atoms. The minimum atomic E-state index is -0.619. The van der Waals surface area contributed by atoms with Crippen LogP contribution in [-0.2, 0) is 22.6 Å². The summed E-state index contributed by atoms with van der Waals surface area (Å²) in [5, 5.41) is 0.489. The standard InChI is InChI=1S/C24H27N3O4/c1-2-31-24(29)20-16-27(21-6-4-3-5-18(21)14-25)22-8-7-17(13-19(22)23(20)28)15-26-9-11-30-12-10-26/h3-8,13,16H,2,9-12,14-15,25H2,1H3. The molecule has 7 nitrogen and oxygen atoms in total. The lowest BCUT2D eigenvalue weighted by atomic mass is 10.1. The van der Waals surface area contributed by atoms with E-state index in [2.05, 4.69) is 4.90 Å². The molecule has 1 aliphatic heterocycles. The number of nitrogens with two attached hydrogens (primary N) is 1. The number of carbonyl (C=O) groups excluding carboxylic acids is 1. The Hall–Kier alpha value is -3.00. The molecule has 0 saturated carbocycles. The largest absolute Gasteiger partial charge is 0.462 e. The molecule has 2 N–H and O–H groups in total. The molecule has 0 bridgehead atoms. The molecule has 0 unspecified atom stereocenters. The van der Waals surface area contributed by atoms with Gasteiger partial charge in [0.25, 0.3) is 0 Å². The van der Waals surface area contributed by atoms with Crippen LogP contribution in [0.5, 0.6) is 0 Å². The van der Waals surface area contributed by atoms with Gasteiger partial charge in [0.2, 0.25) is 5.43 Å². The number of pyridine rings is 1. The first kappa shape index (κ1) is 21.2. The van der Waals surface area contributed by atoms with Crippen molar-refractivity contribution in [3.8, 4) is 5.69 Å². The quantitative estimate of drug-likeness (QED) is 0.616. The predicted octanol–water partition coefficient (Wildman–Crippen LogP) is 2.46. The van der Waals surface area contributed by atoms with Crippen molar-refractivity contribution in [2.45, 2.75) is 20.0 Å². The predicted molar refractivity (Wildman–Crippen MR) is 119 cm³/mol. The summed E-state index contributed by atoms with van der Waals surface area (Å²) in [6.45, 7) is 6.13. The van der Waals surface area contributed by atoms with Crippen LogP contribution in [-0.4, -0.2) is 48.3 Å². The van der Waals surface area contributed by atoms with Crippen LogP contribution in [0.3, 0.4) is 0 Å². The summed E-state index contributed by atoms with van der Waals surface area (Å²) in [4.78, 5) is 28.1. The normalized spacial score (nSPS) is 14.6. The van der Waals surface area contributed by atoms with E-state index in [1.165, 1.54) is 0 Å². The second-order valence-electron chi connectivity index (χ2n) is 7.54. The molecule has 0 atom stereocenters. The third-order valence-corrected chi connectivity index (χ3v) is 5.54. The third-order valence-electron chi connectivity index (χ3n) is 5.54. The zero-order valence-electron chi connectivity index (χ0n) is 17.7. The van der Waals surface area contributed by atoms with E-state index in [9.17, 15) is 9.59 Å². The van der Waals surface area contributed by atoms with Crippen molar-refractivity contribution in [1.29, 1.82) is 0 Å². The zero-order valence-corrected chi connectivity index (χ0v) is 17.7. The van der Waals surface area contributed by atoms with Crippen molar-refractivity contribution in [3.63, 3.8) is 0 Å². The Kier molecular flexibility index (Phi) is 6.46. The fourth-order valence-electron chi connectivity index (χ4n) is 3.97. The van der Waals surface area contributed by atoms with Crippen LogP contribution < -0.4 is 11.2 Å². The summed E-state index contributed by atoms with van der Waals surface area (Å²) in [6.07, 6.45) is 1.57. The Labute approximate surface area is 181 Å². The first-order valence-electron chi connectivity index (χ1n) is 10.6. The molecule has 162 valence electrons. The van der Waals surface area contributed by atoms with Gasteiger partial charge < -0.3 is 19.8 Å². The van der Waals surface area contributed by atoms with E-state index in [4.69, 9.17) is 15.2 Å². The Morgan fingerprint density at radius 1 is 1.16 bits per heavy atom. The number of hydrogen-bond acceptors (Lipinski definition) is 6. The van der Waals surface area contributed by atoms with Gasteiger partial charge in [-0.05, 0) is 36.2 Å². The number of aromatic nitrogens is 1. The summed E-state index contributed by atoms with van der Waals surface area (Å²) in [7, 11) is 0. The average molecular weight is 421 g/mol. The number of ether oxygens (including phenoxy) is 2. The molecule has 0 amide bonds. The van der Waals surface area contributed by atoms with Crippen LogP contribution in [0.25, 0.3) is 16.6 Å². The minimum Gasteiger partial charge on any atom is -0.462 e. The maximum absolute atomic E-state index is 13.3. The van der Waals surface area contributed by atoms with Crippen LogP contribution in [0.4, 0.5) is 0 Å². The van der Waals surface area contributed by atoms with Gasteiger partial charge in [-0.1, -0.05) is 24.3 Å². The molecule has 1 aromatic heterocycles. The molecule has 1 saturated heterocycles. The van der Waals surface area contributed by atoms with E-state index >= 15 is 0 Å². The van der Waals surface area contributed by atoms with Gasteiger partial charge in [-0.3, -0.25) is 9.69 Å². The highest BCUT2D eigenvalue weighted by molar-refractivity contribution is 5.94. The molecule has 3 aromatic rings. The molecule has 1 fully saturated rings. The van der Waals surface area contributed by atoms with Crippen LogP contribution in [0.1, 0.15) is 28.4 Å². The number of benzene rings is 2. The lowest BCUT2D eigenvalue weighted by molar-refractivity contribution is 0.0342. The number of hydrogen-bond donors (Lipinski definition) is 1. The summed E-state index contributed by atoms with van der Waals surface area (Å²) in [5.41, 5.74) is 9.15. The molecule has 4 rings (SSSR count). The van der Waals surface area contributed by atoms with E-state index in [0.29, 0.717) is 25.1 Å². The van der Waals surface area contributed by atoms with E-state index in [1.807, 2.05) is 47.0 Å². The second-order valence-corrected chi connectivity index (χ2v) is 7.54. The molecule has 0 radical (unpaired) electrons. The highest BCUT2D eigenvalue weighted by Crippen LogP contribution is 2.23. The Bertz CT molecular complexity index is 1150. The summed E-state index contributed by atoms with van der Waals surface area (Å²) in [5.74, 6) is -0.619. The number of rotatable bonds is 6. The van der Waals surface area contributed by atoms with E-state index in [1.54, 1.807) is 13.1 Å². The maximum atomic E-state index is 13.3. The van der Waals surface area contributed by atoms with Gasteiger partial charge in [-0.25, -0.2) is 4.79 Å². The minimum absolute atomic E-state index is 0.0182. The number of morpholine rings is 1. The topological polar surface area (TPSA) is 86.8 Å². The maximum Gasteiger partial charge on any atom is 0.343 e. The SMILES string of the molecule is CCOC(=O)c1cn(-c2ccccc2CN)c2ccc(CN3CCOCC3)cc2c1=O. The van der Waals surface area contributed by atoms with Gasteiger partial charge in [-0.2, -0.15) is 0 Å². The number of nitrogens with zero attached hydrogens (tertiary/aromatic N) is 2. The fourth-order valence-corrected chi connectivity index (χ4v) is 3.97. The van der Waals surface area contributed by atoms with Crippen molar-refractivity contribution in [3.05, 3.63) is 75.6 Å². The summed E-state index contributed by atoms with van der Waals surface area (Å²) < 4.78 is 12.4. The lowest BCUT2D eigenvalue weighted by Crippen LogP contribution is -2.35. The van der Waals surface area contributed by atoms with Crippen molar-refractivity contribution in [2.75, 3.05) is 32.9 Å². The molecule has 2 aromatic carbocycles. The summed E-state index contributed by atoms with van der Waals surface area (Å²) >= 11 is 0. The van der Waals surface area contributed by atoms with Gasteiger partial charge in [0, 0.05) is 37.8 Å². The van der Waals surface area contributed by atoms with Crippen LogP contribution in [0.15, 0.2) is 53.5 Å². The first-order chi connectivity index (χ1) is 15.1. The van der Waals surface area contributed by atoms with Crippen molar-refractivity contribution >= 4 is 16.9 Å². The summed E-state index contributed by atoms with van der Waals surface area (Å²) in [6, 6.07) is 13.6. The average Bonchev–Trinajstić information content (AvgIpc) is 2.80. The second kappa shape index (κ2) is 9.43. The lowest BCUT2D eigenvalue weighted by Gasteiger charge is -2.26. The molecule has 31 heavy (non-hydrogen) atoms. The monoisotopic (exact) mass is 421 g/mol. The van der Waals surface area contributed by atoms with Gasteiger partial charge in [0.05, 0.1) is 31.0 Å². The van der Waals surface area contributed by atoms with Crippen LogP contribution in [0, 0.1) is 0 Å². The van der Waals surface area contributed by atoms with Gasteiger partial charge in [-0.15, -0.1) is 0 Å². The Balaban J connectivity index is 1.88. The molecular weight excluding hydrogens is 394 g/mol. The molecule has 7 heteroatoms. The number of fused-ring (bicyclic) bond motifs is 1. The Morgan fingerprint density at radius 3 is 2.68 bits per heavy atom. The Morgan fingerprint density at radius 2 is 1.94 bits per heavy atom. The smallest absolute Gasteiger partial charge is 0.343 e. The van der Waals surface area contributed by atoms with E-state index in [0.717, 1.165) is 42.0 Å². The molecule has 0 aliphatic carbocycles. The van der Waals surface area contributed by atoms with Crippen molar-refractivity contribution in [1.82, 2.24) is 9.47 Å². The number of para-hydroxylation sites is 1. The van der Waals surface area contributed by atoms with Crippen molar-refractivity contribution in [2.24, 2.45) is 5.73 Å². The van der Waals surface area contributed by atoms with E-state index in [-0.39, 0.29) is 17.6 Å². The fraction of sp³-hybridized carbons (Fsp3) is 0.333.